The van der Waals surface area contributed by atoms with Crippen molar-refractivity contribution in [2.75, 3.05) is 0 Å². The van der Waals surface area contributed by atoms with E-state index in [4.69, 9.17) is 10.8 Å². The fourth-order valence-corrected chi connectivity index (χ4v) is 1.58. The minimum Gasteiger partial charge on any atom is -0.480 e. The van der Waals surface area contributed by atoms with Crippen LogP contribution >= 0.6 is 0 Å². The smallest absolute Gasteiger partial charge is 0.326 e. The van der Waals surface area contributed by atoms with Crippen molar-refractivity contribution < 1.29 is 23.9 Å². The van der Waals surface area contributed by atoms with Crippen molar-refractivity contribution in [3.63, 3.8) is 0 Å². The van der Waals surface area contributed by atoms with E-state index in [-0.39, 0.29) is 12.2 Å². The van der Waals surface area contributed by atoms with Gasteiger partial charge in [-0.3, -0.25) is 9.59 Å². The van der Waals surface area contributed by atoms with Gasteiger partial charge in [0.25, 0.3) is 0 Å². The summed E-state index contributed by atoms with van der Waals surface area (Å²) in [5.74, 6) is -3.01. The normalized spacial score (nSPS) is 11.7. The van der Waals surface area contributed by atoms with Crippen molar-refractivity contribution in [2.45, 2.75) is 25.3 Å². The van der Waals surface area contributed by atoms with Gasteiger partial charge in [-0.1, -0.05) is 12.1 Å². The summed E-state index contributed by atoms with van der Waals surface area (Å²) in [6.45, 7) is 0. The maximum Gasteiger partial charge on any atom is 0.326 e. The molecule has 6 nitrogen and oxygen atoms in total. The van der Waals surface area contributed by atoms with Crippen LogP contribution in [-0.4, -0.2) is 28.9 Å². The molecule has 0 saturated carbocycles. The quantitative estimate of drug-likeness (QED) is 0.663. The molecule has 4 N–H and O–H groups in total. The van der Waals surface area contributed by atoms with Crippen LogP contribution in [0.4, 0.5) is 4.39 Å². The summed E-state index contributed by atoms with van der Waals surface area (Å²) in [7, 11) is 0. The zero-order valence-corrected chi connectivity index (χ0v) is 10.6. The molecular weight excluding hydrogens is 267 g/mol. The standard InChI is InChI=1S/C13H15FN2O4/c14-9-4-1-8(2-5-9)3-6-12(18)16-10(13(19)20)7-11(15)17/h1-2,4-5,10H,3,6-7H2,(H2,15,17)(H,16,18)(H,19,20). The van der Waals surface area contributed by atoms with E-state index >= 15 is 0 Å². The molecular formula is C13H15FN2O4. The first-order valence-corrected chi connectivity index (χ1v) is 5.93. The topological polar surface area (TPSA) is 109 Å². The highest BCUT2D eigenvalue weighted by Crippen LogP contribution is 2.05. The predicted octanol–water partition coefficient (Wildman–Crippen LogP) is 0.203. The number of nitrogens with one attached hydrogen (secondary N) is 1. The summed E-state index contributed by atoms with van der Waals surface area (Å²) < 4.78 is 12.7. The molecule has 0 aliphatic heterocycles. The number of carboxylic acids is 1. The molecule has 20 heavy (non-hydrogen) atoms. The van der Waals surface area contributed by atoms with Gasteiger partial charge in [0.15, 0.2) is 0 Å². The summed E-state index contributed by atoms with van der Waals surface area (Å²) in [4.78, 5) is 33.1. The number of halogens is 1. The Morgan fingerprint density at radius 2 is 1.85 bits per heavy atom. The Kier molecular flexibility index (Phi) is 5.64. The lowest BCUT2D eigenvalue weighted by Crippen LogP contribution is -2.43. The number of amides is 2. The lowest BCUT2D eigenvalue weighted by molar-refractivity contribution is -0.143. The van der Waals surface area contributed by atoms with Gasteiger partial charge in [0, 0.05) is 6.42 Å². The molecule has 1 atom stereocenters. The Bertz CT molecular complexity index is 502. The Balaban J connectivity index is 2.47. The van der Waals surface area contributed by atoms with Gasteiger partial charge in [-0.2, -0.15) is 0 Å². The number of carbonyl (C=O) groups is 3. The Labute approximate surface area is 114 Å². The number of hydrogen-bond acceptors (Lipinski definition) is 3. The molecule has 0 aliphatic carbocycles. The molecule has 0 bridgehead atoms. The van der Waals surface area contributed by atoms with Crippen LogP contribution in [0.3, 0.4) is 0 Å². The third-order valence-electron chi connectivity index (χ3n) is 2.59. The maximum absolute atomic E-state index is 12.7. The number of rotatable bonds is 7. The second-order valence-electron chi connectivity index (χ2n) is 4.26. The fraction of sp³-hybridized carbons (Fsp3) is 0.308. The van der Waals surface area contributed by atoms with Crippen molar-refractivity contribution >= 4 is 17.8 Å². The van der Waals surface area contributed by atoms with Gasteiger partial charge >= 0.3 is 5.97 Å². The lowest BCUT2D eigenvalue weighted by atomic mass is 10.1. The second kappa shape index (κ2) is 7.22. The van der Waals surface area contributed by atoms with Crippen molar-refractivity contribution in [2.24, 2.45) is 5.73 Å². The van der Waals surface area contributed by atoms with Crippen molar-refractivity contribution in [3.05, 3.63) is 35.6 Å². The first-order valence-electron chi connectivity index (χ1n) is 5.93. The highest BCUT2D eigenvalue weighted by atomic mass is 19.1. The predicted molar refractivity (Wildman–Crippen MR) is 68.1 cm³/mol. The van der Waals surface area contributed by atoms with E-state index in [9.17, 15) is 18.8 Å². The molecule has 108 valence electrons. The number of aryl methyl sites for hydroxylation is 1. The highest BCUT2D eigenvalue weighted by Gasteiger charge is 2.21. The lowest BCUT2D eigenvalue weighted by Gasteiger charge is -2.12. The van der Waals surface area contributed by atoms with Crippen molar-refractivity contribution in [3.8, 4) is 0 Å². The number of benzene rings is 1. The monoisotopic (exact) mass is 282 g/mol. The van der Waals surface area contributed by atoms with Gasteiger partial charge in [-0.25, -0.2) is 9.18 Å². The van der Waals surface area contributed by atoms with Crippen LogP contribution in [0.2, 0.25) is 0 Å². The first-order chi connectivity index (χ1) is 9.38. The number of aliphatic carboxylic acids is 1. The van der Waals surface area contributed by atoms with E-state index in [1.165, 1.54) is 12.1 Å². The van der Waals surface area contributed by atoms with Crippen LogP contribution in [0.25, 0.3) is 0 Å². The Morgan fingerprint density at radius 1 is 1.25 bits per heavy atom. The molecule has 7 heteroatoms. The van der Waals surface area contributed by atoms with Gasteiger partial charge in [0.2, 0.25) is 11.8 Å². The summed E-state index contributed by atoms with van der Waals surface area (Å²) in [5, 5.41) is 11.0. The summed E-state index contributed by atoms with van der Waals surface area (Å²) in [5.41, 5.74) is 5.65. The van der Waals surface area contributed by atoms with E-state index < -0.39 is 30.2 Å². The minimum atomic E-state index is -1.33. The summed E-state index contributed by atoms with van der Waals surface area (Å²) in [6.07, 6.45) is -0.0825. The number of hydrogen-bond donors (Lipinski definition) is 3. The van der Waals surface area contributed by atoms with E-state index in [0.717, 1.165) is 5.56 Å². The van der Waals surface area contributed by atoms with Gasteiger partial charge in [-0.05, 0) is 24.1 Å². The third kappa shape index (κ3) is 5.47. The molecule has 2 amide bonds. The van der Waals surface area contributed by atoms with Gasteiger partial charge in [-0.15, -0.1) is 0 Å². The highest BCUT2D eigenvalue weighted by molar-refractivity contribution is 5.88. The van der Waals surface area contributed by atoms with Crippen molar-refractivity contribution in [1.82, 2.24) is 5.32 Å². The SMILES string of the molecule is NC(=O)CC(NC(=O)CCc1ccc(F)cc1)C(=O)O. The molecule has 0 spiro atoms. The van der Waals surface area contributed by atoms with Crippen LogP contribution in [0.15, 0.2) is 24.3 Å². The Hall–Kier alpha value is -2.44. The molecule has 1 aromatic rings. The van der Waals surface area contributed by atoms with E-state index in [1.807, 2.05) is 0 Å². The molecule has 0 heterocycles. The summed E-state index contributed by atoms with van der Waals surface area (Å²) >= 11 is 0. The third-order valence-corrected chi connectivity index (χ3v) is 2.59. The molecule has 0 saturated heterocycles. The zero-order valence-electron chi connectivity index (χ0n) is 10.6. The minimum absolute atomic E-state index is 0.0359. The average molecular weight is 282 g/mol. The molecule has 0 aromatic heterocycles. The number of nitrogens with two attached hydrogens (primary N) is 1. The van der Waals surface area contributed by atoms with Crippen LogP contribution < -0.4 is 11.1 Å². The number of carboxylic acid groups (broad SMARTS) is 1. The van der Waals surface area contributed by atoms with Crippen LogP contribution in [0, 0.1) is 5.82 Å². The molecule has 1 aromatic carbocycles. The van der Waals surface area contributed by atoms with E-state index in [2.05, 4.69) is 5.32 Å². The molecule has 0 radical (unpaired) electrons. The fourth-order valence-electron chi connectivity index (χ4n) is 1.58. The van der Waals surface area contributed by atoms with E-state index in [0.29, 0.717) is 6.42 Å². The van der Waals surface area contributed by atoms with Crippen LogP contribution in [-0.2, 0) is 20.8 Å². The van der Waals surface area contributed by atoms with Crippen LogP contribution in [0.5, 0.6) is 0 Å². The molecule has 1 rings (SSSR count). The van der Waals surface area contributed by atoms with Crippen LogP contribution in [0.1, 0.15) is 18.4 Å². The van der Waals surface area contributed by atoms with E-state index in [1.54, 1.807) is 12.1 Å². The van der Waals surface area contributed by atoms with Gasteiger partial charge < -0.3 is 16.2 Å². The molecule has 0 aliphatic rings. The first kappa shape index (κ1) is 15.6. The average Bonchev–Trinajstić information content (AvgIpc) is 2.36. The Morgan fingerprint density at radius 3 is 2.35 bits per heavy atom. The second-order valence-corrected chi connectivity index (χ2v) is 4.26. The van der Waals surface area contributed by atoms with Gasteiger partial charge in [0.1, 0.15) is 11.9 Å². The number of primary amides is 1. The largest absolute Gasteiger partial charge is 0.480 e. The summed E-state index contributed by atoms with van der Waals surface area (Å²) in [6, 6.07) is 4.32. The molecule has 0 fully saturated rings. The van der Waals surface area contributed by atoms with Crippen molar-refractivity contribution in [1.29, 1.82) is 0 Å². The molecule has 1 unspecified atom stereocenters. The zero-order chi connectivity index (χ0) is 15.1. The maximum atomic E-state index is 12.7. The van der Waals surface area contributed by atoms with Gasteiger partial charge in [0.05, 0.1) is 6.42 Å². The number of carbonyl (C=O) groups excluding carboxylic acids is 2.